The standard InChI is InChI=1S/C21H22N2O4S3/c1-15-7-11-17(12-8-15)29(24,25)23(21-22-19-5-3-4-6-20(19)28-21)30(26,27)18-13-9-16(2)10-14-18/h7-14H,3-6H2,1-2H3. The van der Waals surface area contributed by atoms with Crippen LogP contribution in [-0.2, 0) is 32.9 Å². The second kappa shape index (κ2) is 7.79. The van der Waals surface area contributed by atoms with Gasteiger partial charge in [-0.05, 0) is 63.8 Å². The van der Waals surface area contributed by atoms with E-state index in [9.17, 15) is 16.8 Å². The molecule has 0 aliphatic heterocycles. The highest BCUT2D eigenvalue weighted by Crippen LogP contribution is 2.37. The molecule has 30 heavy (non-hydrogen) atoms. The molecule has 0 bridgehead atoms. The van der Waals surface area contributed by atoms with Crippen molar-refractivity contribution in [2.24, 2.45) is 0 Å². The van der Waals surface area contributed by atoms with Gasteiger partial charge in [-0.1, -0.05) is 46.7 Å². The van der Waals surface area contributed by atoms with Crippen LogP contribution in [0.5, 0.6) is 0 Å². The van der Waals surface area contributed by atoms with Gasteiger partial charge >= 0.3 is 0 Å². The van der Waals surface area contributed by atoms with Crippen LogP contribution < -0.4 is 3.71 Å². The fourth-order valence-electron chi connectivity index (χ4n) is 3.36. The van der Waals surface area contributed by atoms with E-state index in [1.807, 2.05) is 13.8 Å². The van der Waals surface area contributed by atoms with Crippen molar-refractivity contribution >= 4 is 36.5 Å². The number of thiazole rings is 1. The van der Waals surface area contributed by atoms with E-state index in [-0.39, 0.29) is 14.9 Å². The Hall–Kier alpha value is -2.23. The lowest BCUT2D eigenvalue weighted by molar-refractivity contribution is 0.584. The minimum Gasteiger partial charge on any atom is -0.223 e. The average molecular weight is 463 g/mol. The molecular weight excluding hydrogens is 440 g/mol. The first-order valence-electron chi connectivity index (χ1n) is 9.62. The number of anilines is 1. The molecule has 0 radical (unpaired) electrons. The Morgan fingerprint density at radius 3 is 1.70 bits per heavy atom. The summed E-state index contributed by atoms with van der Waals surface area (Å²) in [5, 5.41) is -0.0250. The maximum atomic E-state index is 13.6. The second-order valence-electron chi connectivity index (χ2n) is 7.41. The van der Waals surface area contributed by atoms with Crippen LogP contribution in [0.3, 0.4) is 0 Å². The van der Waals surface area contributed by atoms with Crippen LogP contribution >= 0.6 is 11.3 Å². The van der Waals surface area contributed by atoms with E-state index in [0.717, 1.165) is 58.7 Å². The molecule has 0 amide bonds. The smallest absolute Gasteiger partial charge is 0.223 e. The van der Waals surface area contributed by atoms with E-state index >= 15 is 0 Å². The molecule has 1 aliphatic carbocycles. The lowest BCUT2D eigenvalue weighted by Gasteiger charge is -2.21. The predicted molar refractivity (Wildman–Crippen MR) is 118 cm³/mol. The molecule has 0 unspecified atom stereocenters. The van der Waals surface area contributed by atoms with Crippen molar-refractivity contribution in [2.75, 3.05) is 3.71 Å². The van der Waals surface area contributed by atoms with E-state index in [1.54, 1.807) is 24.3 Å². The molecule has 4 rings (SSSR count). The zero-order chi connectivity index (χ0) is 21.5. The Balaban J connectivity index is 1.92. The quantitative estimate of drug-likeness (QED) is 0.567. The highest BCUT2D eigenvalue weighted by atomic mass is 32.3. The number of sulfonamides is 2. The van der Waals surface area contributed by atoms with Gasteiger partial charge in [-0.15, -0.1) is 3.71 Å². The highest BCUT2D eigenvalue weighted by molar-refractivity contribution is 8.10. The molecule has 1 heterocycles. The molecule has 2 aromatic carbocycles. The number of aryl methyl sites for hydroxylation is 4. The number of fused-ring (bicyclic) bond motifs is 1. The average Bonchev–Trinajstić information content (AvgIpc) is 3.11. The van der Waals surface area contributed by atoms with Crippen molar-refractivity contribution in [3.63, 3.8) is 0 Å². The maximum Gasteiger partial charge on any atom is 0.279 e. The molecule has 9 heteroatoms. The maximum absolute atomic E-state index is 13.6. The van der Waals surface area contributed by atoms with Crippen molar-refractivity contribution in [1.82, 2.24) is 4.98 Å². The van der Waals surface area contributed by atoms with Gasteiger partial charge in [-0.2, -0.15) is 16.8 Å². The van der Waals surface area contributed by atoms with Crippen LogP contribution in [0, 0.1) is 13.8 Å². The van der Waals surface area contributed by atoms with E-state index in [0.29, 0.717) is 3.71 Å². The van der Waals surface area contributed by atoms with Gasteiger partial charge in [0.15, 0.2) is 0 Å². The zero-order valence-electron chi connectivity index (χ0n) is 16.7. The van der Waals surface area contributed by atoms with Gasteiger partial charge in [-0.3, -0.25) is 0 Å². The Morgan fingerprint density at radius 2 is 1.23 bits per heavy atom. The molecule has 0 N–H and O–H groups in total. The number of benzene rings is 2. The van der Waals surface area contributed by atoms with Gasteiger partial charge in [0.05, 0.1) is 15.5 Å². The molecule has 3 aromatic rings. The number of aromatic nitrogens is 1. The van der Waals surface area contributed by atoms with Crippen molar-refractivity contribution < 1.29 is 16.8 Å². The van der Waals surface area contributed by atoms with Crippen molar-refractivity contribution in [3.05, 3.63) is 70.2 Å². The summed E-state index contributed by atoms with van der Waals surface area (Å²) < 4.78 is 54.7. The van der Waals surface area contributed by atoms with Crippen molar-refractivity contribution in [1.29, 1.82) is 0 Å². The molecular formula is C21H22N2O4S3. The lowest BCUT2D eigenvalue weighted by atomic mass is 10.0. The zero-order valence-corrected chi connectivity index (χ0v) is 19.1. The van der Waals surface area contributed by atoms with Crippen LogP contribution in [0.1, 0.15) is 34.5 Å². The Labute approximate surface area is 181 Å². The van der Waals surface area contributed by atoms with Crippen molar-refractivity contribution in [2.45, 2.75) is 49.3 Å². The molecule has 0 atom stereocenters. The minimum absolute atomic E-state index is 0.0250. The first kappa shape index (κ1) is 21.0. The number of hydrogen-bond acceptors (Lipinski definition) is 6. The Kier molecular flexibility index (Phi) is 5.46. The third kappa shape index (κ3) is 3.77. The Bertz CT molecular complexity index is 1180. The summed E-state index contributed by atoms with van der Waals surface area (Å²) in [4.78, 5) is 5.24. The molecule has 6 nitrogen and oxygen atoms in total. The highest BCUT2D eigenvalue weighted by Gasteiger charge is 2.39. The third-order valence-corrected chi connectivity index (χ3v) is 10.6. The van der Waals surface area contributed by atoms with Crippen molar-refractivity contribution in [3.8, 4) is 0 Å². The number of hydrogen-bond donors (Lipinski definition) is 0. The van der Waals surface area contributed by atoms with Gasteiger partial charge in [0.2, 0.25) is 5.13 Å². The summed E-state index contributed by atoms with van der Waals surface area (Å²) in [5.41, 5.74) is 2.56. The van der Waals surface area contributed by atoms with Gasteiger partial charge in [-0.25, -0.2) is 4.98 Å². The molecule has 0 saturated heterocycles. The molecule has 158 valence electrons. The summed E-state index contributed by atoms with van der Waals surface area (Å²) in [7, 11) is -8.79. The molecule has 0 spiro atoms. The predicted octanol–water partition coefficient (Wildman–Crippen LogP) is 4.22. The summed E-state index contributed by atoms with van der Waals surface area (Å²) in [6.45, 7) is 3.68. The Morgan fingerprint density at radius 1 is 0.767 bits per heavy atom. The fraction of sp³-hybridized carbons (Fsp3) is 0.286. The van der Waals surface area contributed by atoms with Crippen LogP contribution in [0.4, 0.5) is 5.13 Å². The number of nitrogens with zero attached hydrogens (tertiary/aromatic N) is 2. The van der Waals surface area contributed by atoms with Crippen LogP contribution in [0.15, 0.2) is 58.3 Å². The molecule has 0 fully saturated rings. The van der Waals surface area contributed by atoms with Crippen LogP contribution in [-0.4, -0.2) is 21.8 Å². The van der Waals surface area contributed by atoms with E-state index < -0.39 is 20.0 Å². The van der Waals surface area contributed by atoms with E-state index in [4.69, 9.17) is 0 Å². The molecule has 1 aromatic heterocycles. The molecule has 0 saturated carbocycles. The van der Waals surface area contributed by atoms with E-state index in [1.165, 1.54) is 24.3 Å². The normalized spacial score (nSPS) is 14.3. The minimum atomic E-state index is -4.39. The first-order valence-corrected chi connectivity index (χ1v) is 13.3. The second-order valence-corrected chi connectivity index (χ2v) is 12.3. The largest absolute Gasteiger partial charge is 0.279 e. The fourth-order valence-corrected chi connectivity index (χ4v) is 8.52. The van der Waals surface area contributed by atoms with Gasteiger partial charge in [0.25, 0.3) is 20.0 Å². The SMILES string of the molecule is Cc1ccc(S(=O)(=O)N(c2nc3c(s2)CCCC3)S(=O)(=O)c2ccc(C)cc2)cc1. The topological polar surface area (TPSA) is 84.4 Å². The van der Waals surface area contributed by atoms with Crippen LogP contribution in [0.2, 0.25) is 0 Å². The summed E-state index contributed by atoms with van der Waals surface area (Å²) in [5.74, 6) is 0. The van der Waals surface area contributed by atoms with Crippen LogP contribution in [0.25, 0.3) is 0 Å². The monoisotopic (exact) mass is 462 g/mol. The van der Waals surface area contributed by atoms with Gasteiger partial charge in [0.1, 0.15) is 0 Å². The summed E-state index contributed by atoms with van der Waals surface area (Å²) in [6, 6.07) is 12.3. The molecule has 1 aliphatic rings. The lowest BCUT2D eigenvalue weighted by Crippen LogP contribution is -2.37. The van der Waals surface area contributed by atoms with Gasteiger partial charge < -0.3 is 0 Å². The third-order valence-electron chi connectivity index (χ3n) is 5.06. The first-order chi connectivity index (χ1) is 14.2. The van der Waals surface area contributed by atoms with Gasteiger partial charge in [0, 0.05) is 4.88 Å². The number of rotatable bonds is 5. The van der Waals surface area contributed by atoms with E-state index in [2.05, 4.69) is 4.98 Å². The summed E-state index contributed by atoms with van der Waals surface area (Å²) in [6.07, 6.45) is 3.47. The summed E-state index contributed by atoms with van der Waals surface area (Å²) >= 11 is 1.15.